The number of nitrogens with two attached hydrogens (primary N) is 1. The van der Waals surface area contributed by atoms with Crippen molar-refractivity contribution in [2.75, 3.05) is 20.8 Å². The second-order valence-corrected chi connectivity index (χ2v) is 7.01. The van der Waals surface area contributed by atoms with E-state index in [2.05, 4.69) is 0 Å². The average molecular weight is 328 g/mol. The molecule has 0 spiro atoms. The lowest BCUT2D eigenvalue weighted by atomic mass is 10.2. The second-order valence-electron chi connectivity index (χ2n) is 5.15. The first-order chi connectivity index (χ1) is 10.3. The minimum absolute atomic E-state index is 0.0956. The van der Waals surface area contributed by atoms with Crippen molar-refractivity contribution in [3.8, 4) is 11.5 Å². The fourth-order valence-electron chi connectivity index (χ4n) is 2.68. The van der Waals surface area contributed by atoms with Gasteiger partial charge in [-0.05, 0) is 31.4 Å². The first kappa shape index (κ1) is 16.6. The monoisotopic (exact) mass is 328 g/mol. The summed E-state index contributed by atoms with van der Waals surface area (Å²) in [5.41, 5.74) is 5.83. The van der Waals surface area contributed by atoms with Gasteiger partial charge in [-0.25, -0.2) is 8.42 Å². The van der Waals surface area contributed by atoms with Gasteiger partial charge in [0.1, 0.15) is 6.04 Å². The van der Waals surface area contributed by atoms with Crippen LogP contribution in [0, 0.1) is 6.92 Å². The first-order valence-corrected chi connectivity index (χ1v) is 8.30. The van der Waals surface area contributed by atoms with Crippen molar-refractivity contribution in [1.29, 1.82) is 0 Å². The summed E-state index contributed by atoms with van der Waals surface area (Å²) in [7, 11) is -0.907. The van der Waals surface area contributed by atoms with Crippen molar-refractivity contribution in [2.45, 2.75) is 30.7 Å². The molecule has 1 aromatic rings. The van der Waals surface area contributed by atoms with E-state index in [1.807, 2.05) is 0 Å². The van der Waals surface area contributed by atoms with Gasteiger partial charge in [0.05, 0.1) is 19.1 Å². The quantitative estimate of drug-likeness (QED) is 0.855. The SMILES string of the molecule is COc1cc(C)c(S(=O)(=O)N2CCCC2C(N)=O)cc1OC. The number of primary amides is 1. The van der Waals surface area contributed by atoms with E-state index in [1.54, 1.807) is 13.0 Å². The standard InChI is InChI=1S/C14H20N2O5S/c1-9-7-11(20-2)12(21-3)8-13(9)22(18,19)16-6-4-5-10(16)14(15)17/h7-8,10H,4-6H2,1-3H3,(H2,15,17). The van der Waals surface area contributed by atoms with E-state index in [-0.39, 0.29) is 11.4 Å². The van der Waals surface area contributed by atoms with Gasteiger partial charge < -0.3 is 15.2 Å². The molecule has 2 rings (SSSR count). The van der Waals surface area contributed by atoms with Gasteiger partial charge in [0.15, 0.2) is 11.5 Å². The molecule has 2 N–H and O–H groups in total. The number of rotatable bonds is 5. The molecule has 0 aromatic heterocycles. The number of hydrogen-bond acceptors (Lipinski definition) is 5. The maximum absolute atomic E-state index is 12.9. The highest BCUT2D eigenvalue weighted by Crippen LogP contribution is 2.35. The predicted octanol–water partition coefficient (Wildman–Crippen LogP) is 0.651. The topological polar surface area (TPSA) is 98.9 Å². The van der Waals surface area contributed by atoms with Crippen LogP contribution in [0.25, 0.3) is 0 Å². The number of nitrogens with zero attached hydrogens (tertiary/aromatic N) is 1. The molecule has 0 aliphatic carbocycles. The minimum Gasteiger partial charge on any atom is -0.493 e. The van der Waals surface area contributed by atoms with E-state index in [0.29, 0.717) is 29.9 Å². The molecule has 1 heterocycles. The Morgan fingerprint density at radius 3 is 2.41 bits per heavy atom. The summed E-state index contributed by atoms with van der Waals surface area (Å²) in [6.45, 7) is 1.95. The normalized spacial score (nSPS) is 19.1. The molecule has 1 amide bonds. The average Bonchev–Trinajstić information content (AvgIpc) is 2.97. The van der Waals surface area contributed by atoms with Gasteiger partial charge in [-0.15, -0.1) is 0 Å². The Balaban J connectivity index is 2.52. The Bertz CT molecular complexity index is 687. The van der Waals surface area contributed by atoms with Crippen LogP contribution >= 0.6 is 0 Å². The number of hydrogen-bond donors (Lipinski definition) is 1. The molecule has 8 heteroatoms. The van der Waals surface area contributed by atoms with Crippen molar-refractivity contribution in [2.24, 2.45) is 5.73 Å². The zero-order chi connectivity index (χ0) is 16.5. The van der Waals surface area contributed by atoms with Crippen LogP contribution in [0.3, 0.4) is 0 Å². The number of sulfonamides is 1. The van der Waals surface area contributed by atoms with E-state index >= 15 is 0 Å². The van der Waals surface area contributed by atoms with Gasteiger partial charge in [0, 0.05) is 12.6 Å². The maximum Gasteiger partial charge on any atom is 0.244 e. The summed E-state index contributed by atoms with van der Waals surface area (Å²) in [5.74, 6) is 0.146. The van der Waals surface area contributed by atoms with Crippen molar-refractivity contribution in [3.63, 3.8) is 0 Å². The largest absolute Gasteiger partial charge is 0.493 e. The number of methoxy groups -OCH3 is 2. The summed E-state index contributed by atoms with van der Waals surface area (Å²) < 4.78 is 37.2. The fraction of sp³-hybridized carbons (Fsp3) is 0.500. The van der Waals surface area contributed by atoms with Gasteiger partial charge in [0.2, 0.25) is 15.9 Å². The lowest BCUT2D eigenvalue weighted by Gasteiger charge is -2.23. The third-order valence-corrected chi connectivity index (χ3v) is 5.85. The predicted molar refractivity (Wildman–Crippen MR) is 80.4 cm³/mol. The zero-order valence-electron chi connectivity index (χ0n) is 12.8. The van der Waals surface area contributed by atoms with Crippen LogP contribution in [0.1, 0.15) is 18.4 Å². The van der Waals surface area contributed by atoms with Gasteiger partial charge in [0.25, 0.3) is 0 Å². The van der Waals surface area contributed by atoms with Gasteiger partial charge in [-0.2, -0.15) is 4.31 Å². The molecule has 1 aliphatic rings. The molecule has 1 unspecified atom stereocenters. The minimum atomic E-state index is -3.82. The number of amides is 1. The molecule has 1 saturated heterocycles. The molecule has 1 aliphatic heterocycles. The van der Waals surface area contributed by atoms with Gasteiger partial charge in [-0.1, -0.05) is 0 Å². The fourth-order valence-corrected chi connectivity index (χ4v) is 4.57. The van der Waals surface area contributed by atoms with Crippen LogP contribution in [0.4, 0.5) is 0 Å². The number of aryl methyl sites for hydroxylation is 1. The molecule has 1 aromatic carbocycles. The Morgan fingerprint density at radius 1 is 1.27 bits per heavy atom. The molecule has 0 radical (unpaired) electrons. The van der Waals surface area contributed by atoms with Gasteiger partial charge >= 0.3 is 0 Å². The highest BCUT2D eigenvalue weighted by Gasteiger charge is 2.39. The van der Waals surface area contributed by atoms with Gasteiger partial charge in [-0.3, -0.25) is 4.79 Å². The Morgan fingerprint density at radius 2 is 1.86 bits per heavy atom. The van der Waals surface area contributed by atoms with Crippen molar-refractivity contribution < 1.29 is 22.7 Å². The Labute approximate surface area is 130 Å². The van der Waals surface area contributed by atoms with Crippen LogP contribution in [0.5, 0.6) is 11.5 Å². The molecule has 7 nitrogen and oxygen atoms in total. The third kappa shape index (κ3) is 2.76. The maximum atomic E-state index is 12.9. The van der Waals surface area contributed by atoms with E-state index in [1.165, 1.54) is 24.6 Å². The summed E-state index contributed by atoms with van der Waals surface area (Å²) >= 11 is 0. The Kier molecular flexibility index (Phi) is 4.62. The van der Waals surface area contributed by atoms with Crippen LogP contribution in [-0.4, -0.2) is 45.4 Å². The van der Waals surface area contributed by atoms with Crippen LogP contribution in [0.2, 0.25) is 0 Å². The highest BCUT2D eigenvalue weighted by molar-refractivity contribution is 7.89. The summed E-state index contributed by atoms with van der Waals surface area (Å²) in [6, 6.07) is 2.22. The number of carbonyl (C=O) groups excluding carboxylic acids is 1. The van der Waals surface area contributed by atoms with Crippen molar-refractivity contribution in [3.05, 3.63) is 17.7 Å². The molecule has 22 heavy (non-hydrogen) atoms. The molecule has 1 atom stereocenters. The molecule has 1 fully saturated rings. The highest BCUT2D eigenvalue weighted by atomic mass is 32.2. The Hall–Kier alpha value is -1.80. The zero-order valence-corrected chi connectivity index (χ0v) is 13.6. The summed E-state index contributed by atoms with van der Waals surface area (Å²) in [6.07, 6.45) is 1.06. The molecule has 0 saturated carbocycles. The van der Waals surface area contributed by atoms with E-state index in [0.717, 1.165) is 0 Å². The summed E-state index contributed by atoms with van der Waals surface area (Å²) in [5, 5.41) is 0. The number of carbonyl (C=O) groups is 1. The number of ether oxygens (including phenoxy) is 2. The number of benzene rings is 1. The molecular formula is C14H20N2O5S. The second kappa shape index (κ2) is 6.13. The van der Waals surface area contributed by atoms with E-state index < -0.39 is 22.0 Å². The van der Waals surface area contributed by atoms with Crippen molar-refractivity contribution in [1.82, 2.24) is 4.31 Å². The third-order valence-electron chi connectivity index (χ3n) is 3.80. The first-order valence-electron chi connectivity index (χ1n) is 6.86. The lowest BCUT2D eigenvalue weighted by Crippen LogP contribution is -2.43. The van der Waals surface area contributed by atoms with Crippen LogP contribution in [0.15, 0.2) is 17.0 Å². The van der Waals surface area contributed by atoms with E-state index in [9.17, 15) is 13.2 Å². The van der Waals surface area contributed by atoms with Crippen molar-refractivity contribution >= 4 is 15.9 Å². The molecule has 122 valence electrons. The van der Waals surface area contributed by atoms with E-state index in [4.69, 9.17) is 15.2 Å². The van der Waals surface area contributed by atoms with Crippen LogP contribution < -0.4 is 15.2 Å². The smallest absolute Gasteiger partial charge is 0.244 e. The molecular weight excluding hydrogens is 308 g/mol. The summed E-state index contributed by atoms with van der Waals surface area (Å²) in [4.78, 5) is 11.6. The lowest BCUT2D eigenvalue weighted by molar-refractivity contribution is -0.121. The molecule has 0 bridgehead atoms. The van der Waals surface area contributed by atoms with Crippen LogP contribution in [-0.2, 0) is 14.8 Å².